The molecule has 6 heteroatoms. The van der Waals surface area contributed by atoms with Gasteiger partial charge in [-0.05, 0) is 43.7 Å². The molecule has 5 nitrogen and oxygen atoms in total. The van der Waals surface area contributed by atoms with E-state index in [1.807, 2.05) is 19.1 Å². The van der Waals surface area contributed by atoms with Gasteiger partial charge >= 0.3 is 5.97 Å². The van der Waals surface area contributed by atoms with Crippen molar-refractivity contribution in [3.8, 4) is 5.75 Å². The lowest BCUT2D eigenvalue weighted by Gasteiger charge is -2.33. The van der Waals surface area contributed by atoms with Crippen molar-refractivity contribution in [1.82, 2.24) is 4.90 Å². The number of ether oxygens (including phenoxy) is 1. The summed E-state index contributed by atoms with van der Waals surface area (Å²) < 4.78 is 5.12. The highest BCUT2D eigenvalue weighted by Crippen LogP contribution is 2.36. The van der Waals surface area contributed by atoms with E-state index >= 15 is 0 Å². The molecule has 1 aliphatic heterocycles. The van der Waals surface area contributed by atoms with Crippen molar-refractivity contribution in [3.05, 3.63) is 34.7 Å². The number of hydrogen-bond donors (Lipinski definition) is 1. The van der Waals surface area contributed by atoms with Crippen molar-refractivity contribution < 1.29 is 19.4 Å². The predicted molar refractivity (Wildman–Crippen MR) is 82.0 cm³/mol. The minimum atomic E-state index is -1.02. The van der Waals surface area contributed by atoms with Crippen molar-refractivity contribution in [1.29, 1.82) is 0 Å². The van der Waals surface area contributed by atoms with Gasteiger partial charge in [0.15, 0.2) is 0 Å². The molecular formula is C15H17NO4S. The molecule has 0 saturated heterocycles. The second-order valence-electron chi connectivity index (χ2n) is 4.70. The summed E-state index contributed by atoms with van der Waals surface area (Å²) in [5.41, 5.74) is 1.47. The van der Waals surface area contributed by atoms with E-state index in [1.165, 1.54) is 23.6 Å². The van der Waals surface area contributed by atoms with Gasteiger partial charge in [0.1, 0.15) is 11.8 Å². The van der Waals surface area contributed by atoms with E-state index in [9.17, 15) is 14.7 Å². The summed E-state index contributed by atoms with van der Waals surface area (Å²) in [6.07, 6.45) is 0. The molecular weight excluding hydrogens is 290 g/mol. The van der Waals surface area contributed by atoms with Gasteiger partial charge in [-0.3, -0.25) is 9.69 Å². The standard InChI is InChI=1S/C15H17NO4S/c1-9(15(18)19)16-13(17)8-21-10(2)14(16)11-4-6-12(20-3)7-5-11/h4-7,9H,8H2,1-3H3,(H,18,19). The summed E-state index contributed by atoms with van der Waals surface area (Å²) in [6, 6.07) is 6.35. The van der Waals surface area contributed by atoms with Crippen molar-refractivity contribution in [2.75, 3.05) is 12.9 Å². The summed E-state index contributed by atoms with van der Waals surface area (Å²) in [6.45, 7) is 3.42. The van der Waals surface area contributed by atoms with Gasteiger partial charge in [-0.2, -0.15) is 0 Å². The Morgan fingerprint density at radius 3 is 2.52 bits per heavy atom. The number of amides is 1. The molecule has 1 aromatic carbocycles. The Balaban J connectivity index is 2.48. The molecule has 1 atom stereocenters. The van der Waals surface area contributed by atoms with Gasteiger partial charge in [0, 0.05) is 4.91 Å². The molecule has 1 N–H and O–H groups in total. The Morgan fingerprint density at radius 1 is 1.38 bits per heavy atom. The number of allylic oxidation sites excluding steroid dienone is 1. The zero-order valence-electron chi connectivity index (χ0n) is 12.1. The number of carboxylic acid groups (broad SMARTS) is 1. The zero-order chi connectivity index (χ0) is 15.6. The highest BCUT2D eigenvalue weighted by molar-refractivity contribution is 8.03. The lowest BCUT2D eigenvalue weighted by atomic mass is 10.1. The Bertz CT molecular complexity index is 594. The van der Waals surface area contributed by atoms with Crippen LogP contribution in [0.25, 0.3) is 5.70 Å². The van der Waals surface area contributed by atoms with Crippen LogP contribution >= 0.6 is 11.8 Å². The van der Waals surface area contributed by atoms with Crippen LogP contribution in [0, 0.1) is 0 Å². The Labute approximate surface area is 127 Å². The van der Waals surface area contributed by atoms with Crippen molar-refractivity contribution in [2.24, 2.45) is 0 Å². The molecule has 2 rings (SSSR count). The Kier molecular flexibility index (Phi) is 4.57. The van der Waals surface area contributed by atoms with Crippen molar-refractivity contribution >= 4 is 29.3 Å². The maximum Gasteiger partial charge on any atom is 0.326 e. The fraction of sp³-hybridized carbons (Fsp3) is 0.333. The van der Waals surface area contributed by atoms with Crippen LogP contribution in [0.15, 0.2) is 29.2 Å². The number of carbonyl (C=O) groups is 2. The number of aliphatic carboxylic acids is 1. The van der Waals surface area contributed by atoms with Crippen LogP contribution in [0.4, 0.5) is 0 Å². The predicted octanol–water partition coefficient (Wildman–Crippen LogP) is 2.43. The first kappa shape index (κ1) is 15.4. The van der Waals surface area contributed by atoms with Crippen LogP contribution in [0.2, 0.25) is 0 Å². The highest BCUT2D eigenvalue weighted by atomic mass is 32.2. The van der Waals surface area contributed by atoms with Gasteiger partial charge in [-0.1, -0.05) is 0 Å². The third-order valence-corrected chi connectivity index (χ3v) is 4.38. The summed E-state index contributed by atoms with van der Waals surface area (Å²) in [5, 5.41) is 9.24. The van der Waals surface area contributed by atoms with Gasteiger partial charge in [-0.25, -0.2) is 4.79 Å². The monoisotopic (exact) mass is 307 g/mol. The fourth-order valence-electron chi connectivity index (χ4n) is 2.21. The summed E-state index contributed by atoms with van der Waals surface area (Å²) >= 11 is 1.44. The van der Waals surface area contributed by atoms with Gasteiger partial charge < -0.3 is 9.84 Å². The number of hydrogen-bond acceptors (Lipinski definition) is 4. The van der Waals surface area contributed by atoms with E-state index in [4.69, 9.17) is 4.74 Å². The minimum absolute atomic E-state index is 0.189. The number of nitrogens with zero attached hydrogens (tertiary/aromatic N) is 1. The highest BCUT2D eigenvalue weighted by Gasteiger charge is 2.33. The van der Waals surface area contributed by atoms with Gasteiger partial charge in [0.25, 0.3) is 0 Å². The maximum absolute atomic E-state index is 12.2. The van der Waals surface area contributed by atoms with E-state index < -0.39 is 12.0 Å². The average molecular weight is 307 g/mol. The molecule has 1 amide bonds. The van der Waals surface area contributed by atoms with E-state index in [0.717, 1.165) is 10.5 Å². The number of benzene rings is 1. The number of thioether (sulfide) groups is 1. The van der Waals surface area contributed by atoms with E-state index in [2.05, 4.69) is 0 Å². The van der Waals surface area contributed by atoms with Crippen LogP contribution < -0.4 is 4.74 Å². The molecule has 0 spiro atoms. The second-order valence-corrected chi connectivity index (χ2v) is 5.89. The Hall–Kier alpha value is -1.95. The average Bonchev–Trinajstić information content (AvgIpc) is 2.48. The minimum Gasteiger partial charge on any atom is -0.497 e. The molecule has 112 valence electrons. The third-order valence-electron chi connectivity index (χ3n) is 3.36. The second kappa shape index (κ2) is 6.22. The smallest absolute Gasteiger partial charge is 0.326 e. The first-order valence-corrected chi connectivity index (χ1v) is 7.47. The fourth-order valence-corrected chi connectivity index (χ4v) is 3.05. The molecule has 1 unspecified atom stereocenters. The quantitative estimate of drug-likeness (QED) is 0.925. The molecule has 0 fully saturated rings. The number of rotatable bonds is 4. The number of carbonyl (C=O) groups excluding carboxylic acids is 1. The molecule has 0 aliphatic carbocycles. The van der Waals surface area contributed by atoms with E-state index in [0.29, 0.717) is 11.4 Å². The summed E-state index contributed by atoms with van der Waals surface area (Å²) in [4.78, 5) is 25.8. The molecule has 21 heavy (non-hydrogen) atoms. The summed E-state index contributed by atoms with van der Waals surface area (Å²) in [7, 11) is 1.58. The molecule has 1 aliphatic rings. The van der Waals surface area contributed by atoms with Crippen molar-refractivity contribution in [2.45, 2.75) is 19.9 Å². The van der Waals surface area contributed by atoms with E-state index in [1.54, 1.807) is 19.2 Å². The van der Waals surface area contributed by atoms with Crippen LogP contribution in [0.5, 0.6) is 5.75 Å². The Morgan fingerprint density at radius 2 is 2.00 bits per heavy atom. The summed E-state index contributed by atoms with van der Waals surface area (Å²) in [5.74, 6) is -0.228. The lowest BCUT2D eigenvalue weighted by Crippen LogP contribution is -2.44. The number of methoxy groups -OCH3 is 1. The molecule has 0 aromatic heterocycles. The number of carboxylic acids is 1. The first-order valence-electron chi connectivity index (χ1n) is 6.48. The third kappa shape index (κ3) is 3.05. The zero-order valence-corrected chi connectivity index (χ0v) is 12.9. The van der Waals surface area contributed by atoms with E-state index in [-0.39, 0.29) is 11.7 Å². The van der Waals surface area contributed by atoms with Crippen LogP contribution in [-0.4, -0.2) is 40.8 Å². The lowest BCUT2D eigenvalue weighted by molar-refractivity contribution is -0.145. The van der Waals surface area contributed by atoms with Gasteiger partial charge in [-0.15, -0.1) is 11.8 Å². The molecule has 1 aromatic rings. The molecule has 0 bridgehead atoms. The van der Waals surface area contributed by atoms with Crippen LogP contribution in [-0.2, 0) is 9.59 Å². The molecule has 0 radical (unpaired) electrons. The molecule has 0 saturated carbocycles. The van der Waals surface area contributed by atoms with Crippen LogP contribution in [0.1, 0.15) is 19.4 Å². The van der Waals surface area contributed by atoms with Crippen LogP contribution in [0.3, 0.4) is 0 Å². The van der Waals surface area contributed by atoms with Gasteiger partial charge in [0.05, 0.1) is 18.6 Å². The van der Waals surface area contributed by atoms with Crippen molar-refractivity contribution in [3.63, 3.8) is 0 Å². The largest absolute Gasteiger partial charge is 0.497 e. The topological polar surface area (TPSA) is 66.8 Å². The molecule has 1 heterocycles. The SMILES string of the molecule is COc1ccc(C2=C(C)SCC(=O)N2C(C)C(=O)O)cc1. The first-order chi connectivity index (χ1) is 9.95. The normalized spacial score (nSPS) is 16.9. The maximum atomic E-state index is 12.2. The van der Waals surface area contributed by atoms with Gasteiger partial charge in [0.2, 0.25) is 5.91 Å².